The molecule has 1 heteroatoms. The van der Waals surface area contributed by atoms with Crippen molar-refractivity contribution in [1.29, 1.82) is 0 Å². The van der Waals surface area contributed by atoms with Crippen LogP contribution in [0.2, 0.25) is 0 Å². The van der Waals surface area contributed by atoms with Crippen molar-refractivity contribution in [3.8, 4) is 0 Å². The monoisotopic (exact) mass is 173 g/mol. The molecule has 1 aliphatic heterocycles. The Balaban J connectivity index is 2.12. The van der Waals surface area contributed by atoms with Crippen LogP contribution in [0.4, 0.5) is 5.69 Å². The van der Waals surface area contributed by atoms with Crippen LogP contribution in [-0.4, -0.2) is 6.54 Å². The molecule has 0 radical (unpaired) electrons. The summed E-state index contributed by atoms with van der Waals surface area (Å²) < 4.78 is 0. The van der Waals surface area contributed by atoms with Gasteiger partial charge in [0.25, 0.3) is 0 Å². The molecule has 1 N–H and O–H groups in total. The molecule has 0 saturated heterocycles. The summed E-state index contributed by atoms with van der Waals surface area (Å²) in [6, 6.07) is 6.90. The average molecular weight is 173 g/mol. The van der Waals surface area contributed by atoms with E-state index < -0.39 is 0 Å². The molecule has 68 valence electrons. The molecule has 2 aliphatic rings. The van der Waals surface area contributed by atoms with Crippen LogP contribution in [0.5, 0.6) is 0 Å². The second kappa shape index (κ2) is 2.28. The molecule has 1 saturated carbocycles. The summed E-state index contributed by atoms with van der Waals surface area (Å²) in [5, 5.41) is 3.50. The Morgan fingerprint density at radius 3 is 2.92 bits per heavy atom. The zero-order chi connectivity index (χ0) is 8.89. The summed E-state index contributed by atoms with van der Waals surface area (Å²) in [4.78, 5) is 0. The van der Waals surface area contributed by atoms with Crippen LogP contribution in [-0.2, 0) is 11.8 Å². The minimum Gasteiger partial charge on any atom is -0.384 e. The lowest BCUT2D eigenvalue weighted by atomic mass is 9.96. The largest absolute Gasteiger partial charge is 0.384 e. The van der Waals surface area contributed by atoms with Gasteiger partial charge in [0, 0.05) is 17.6 Å². The molecule has 1 spiro atoms. The van der Waals surface area contributed by atoms with Gasteiger partial charge in [-0.1, -0.05) is 19.1 Å². The average Bonchev–Trinajstić information content (AvgIpc) is 2.86. The van der Waals surface area contributed by atoms with Crippen molar-refractivity contribution in [1.82, 2.24) is 0 Å². The molecule has 1 aromatic rings. The summed E-state index contributed by atoms with van der Waals surface area (Å²) in [7, 11) is 0. The minimum absolute atomic E-state index is 0.556. The highest BCUT2D eigenvalue weighted by atomic mass is 15.0. The topological polar surface area (TPSA) is 12.0 Å². The van der Waals surface area contributed by atoms with Gasteiger partial charge in [-0.15, -0.1) is 0 Å². The van der Waals surface area contributed by atoms with E-state index >= 15 is 0 Å². The molecule has 3 rings (SSSR count). The van der Waals surface area contributed by atoms with Crippen molar-refractivity contribution in [2.75, 3.05) is 11.9 Å². The lowest BCUT2D eigenvalue weighted by molar-refractivity contribution is 0.776. The number of anilines is 1. The van der Waals surface area contributed by atoms with Crippen molar-refractivity contribution < 1.29 is 0 Å². The SMILES string of the molecule is CCc1ccc2c(c1)C1(CC1)CN2. The summed E-state index contributed by atoms with van der Waals surface area (Å²) in [5.74, 6) is 0. The molecular formula is C12H15N. The van der Waals surface area contributed by atoms with Gasteiger partial charge in [-0.3, -0.25) is 0 Å². The second-order valence-corrected chi connectivity index (χ2v) is 4.37. The third kappa shape index (κ3) is 0.932. The van der Waals surface area contributed by atoms with Crippen LogP contribution in [0.15, 0.2) is 18.2 Å². The first-order valence-corrected chi connectivity index (χ1v) is 5.21. The fourth-order valence-electron chi connectivity index (χ4n) is 2.36. The zero-order valence-electron chi connectivity index (χ0n) is 8.06. The summed E-state index contributed by atoms with van der Waals surface area (Å²) >= 11 is 0. The van der Waals surface area contributed by atoms with E-state index in [0.29, 0.717) is 5.41 Å². The van der Waals surface area contributed by atoms with Crippen molar-refractivity contribution in [2.45, 2.75) is 31.6 Å². The number of aryl methyl sites for hydroxylation is 1. The van der Waals surface area contributed by atoms with E-state index in [1.807, 2.05) is 0 Å². The number of hydrogen-bond donors (Lipinski definition) is 1. The maximum absolute atomic E-state index is 3.50. The van der Waals surface area contributed by atoms with Crippen molar-refractivity contribution in [3.63, 3.8) is 0 Å². The van der Waals surface area contributed by atoms with Gasteiger partial charge >= 0.3 is 0 Å². The second-order valence-electron chi connectivity index (χ2n) is 4.37. The van der Waals surface area contributed by atoms with Gasteiger partial charge in [0.2, 0.25) is 0 Å². The molecule has 1 aliphatic carbocycles. The Hall–Kier alpha value is -0.980. The number of benzene rings is 1. The van der Waals surface area contributed by atoms with Crippen molar-refractivity contribution in [3.05, 3.63) is 29.3 Å². The first-order chi connectivity index (χ1) is 6.34. The molecule has 0 atom stereocenters. The van der Waals surface area contributed by atoms with E-state index in [2.05, 4.69) is 30.4 Å². The Bertz CT molecular complexity index is 350. The predicted octanol–water partition coefficient (Wildman–Crippen LogP) is 2.71. The Labute approximate surface area is 79.2 Å². The zero-order valence-corrected chi connectivity index (χ0v) is 8.06. The van der Waals surface area contributed by atoms with Gasteiger partial charge in [0.05, 0.1) is 0 Å². The summed E-state index contributed by atoms with van der Waals surface area (Å²) in [6.07, 6.45) is 3.93. The summed E-state index contributed by atoms with van der Waals surface area (Å²) in [6.45, 7) is 3.40. The lowest BCUT2D eigenvalue weighted by Crippen LogP contribution is -2.08. The number of nitrogens with one attached hydrogen (secondary N) is 1. The number of hydrogen-bond acceptors (Lipinski definition) is 1. The van der Waals surface area contributed by atoms with Gasteiger partial charge < -0.3 is 5.32 Å². The third-order valence-corrected chi connectivity index (χ3v) is 3.53. The van der Waals surface area contributed by atoms with Crippen molar-refractivity contribution in [2.24, 2.45) is 0 Å². The molecule has 0 aromatic heterocycles. The quantitative estimate of drug-likeness (QED) is 0.688. The molecular weight excluding hydrogens is 158 g/mol. The fourth-order valence-corrected chi connectivity index (χ4v) is 2.36. The molecule has 0 bridgehead atoms. The standard InChI is InChI=1S/C12H15N/c1-2-9-3-4-11-10(7-9)12(5-6-12)8-13-11/h3-4,7,13H,2,5-6,8H2,1H3. The van der Waals surface area contributed by atoms with E-state index in [9.17, 15) is 0 Å². The predicted molar refractivity (Wildman–Crippen MR) is 55.2 cm³/mol. The van der Waals surface area contributed by atoms with Gasteiger partial charge in [0.1, 0.15) is 0 Å². The van der Waals surface area contributed by atoms with E-state index in [1.165, 1.54) is 30.6 Å². The van der Waals surface area contributed by atoms with Gasteiger partial charge in [0.15, 0.2) is 0 Å². The maximum Gasteiger partial charge on any atom is 0.0379 e. The van der Waals surface area contributed by atoms with Gasteiger partial charge in [-0.2, -0.15) is 0 Å². The Morgan fingerprint density at radius 1 is 1.38 bits per heavy atom. The van der Waals surface area contributed by atoms with E-state index in [4.69, 9.17) is 0 Å². The Kier molecular flexibility index (Phi) is 1.30. The molecule has 1 nitrogen and oxygen atoms in total. The first-order valence-electron chi connectivity index (χ1n) is 5.21. The smallest absolute Gasteiger partial charge is 0.0379 e. The molecule has 13 heavy (non-hydrogen) atoms. The third-order valence-electron chi connectivity index (χ3n) is 3.53. The highest BCUT2D eigenvalue weighted by Gasteiger charge is 2.48. The Morgan fingerprint density at radius 2 is 2.23 bits per heavy atom. The first kappa shape index (κ1) is 7.43. The normalized spacial score (nSPS) is 21.3. The molecule has 1 heterocycles. The minimum atomic E-state index is 0.556. The molecule has 1 aromatic carbocycles. The summed E-state index contributed by atoms with van der Waals surface area (Å²) in [5.41, 5.74) is 5.01. The van der Waals surface area contributed by atoms with Crippen molar-refractivity contribution >= 4 is 5.69 Å². The fraction of sp³-hybridized carbons (Fsp3) is 0.500. The molecule has 1 fully saturated rings. The molecule has 0 amide bonds. The highest BCUT2D eigenvalue weighted by Crippen LogP contribution is 2.54. The van der Waals surface area contributed by atoms with Gasteiger partial charge in [-0.25, -0.2) is 0 Å². The van der Waals surface area contributed by atoms with Crippen LogP contribution in [0.1, 0.15) is 30.9 Å². The maximum atomic E-state index is 3.50. The van der Waals surface area contributed by atoms with Gasteiger partial charge in [-0.05, 0) is 36.5 Å². The van der Waals surface area contributed by atoms with E-state index in [1.54, 1.807) is 5.56 Å². The number of rotatable bonds is 1. The van der Waals surface area contributed by atoms with Crippen LogP contribution < -0.4 is 5.32 Å². The van der Waals surface area contributed by atoms with E-state index in [0.717, 1.165) is 6.42 Å². The van der Waals surface area contributed by atoms with Crippen LogP contribution in [0, 0.1) is 0 Å². The van der Waals surface area contributed by atoms with Crippen LogP contribution in [0.25, 0.3) is 0 Å². The lowest BCUT2D eigenvalue weighted by Gasteiger charge is -2.07. The van der Waals surface area contributed by atoms with Crippen LogP contribution >= 0.6 is 0 Å². The van der Waals surface area contributed by atoms with E-state index in [-0.39, 0.29) is 0 Å². The highest BCUT2D eigenvalue weighted by molar-refractivity contribution is 5.63. The molecule has 0 unspecified atom stereocenters. The van der Waals surface area contributed by atoms with Crippen LogP contribution in [0.3, 0.4) is 0 Å². The number of fused-ring (bicyclic) bond motifs is 2.